The van der Waals surface area contributed by atoms with E-state index in [-0.39, 0.29) is 56.0 Å². The number of nitrogens with zero attached hydrogens (tertiary/aromatic N) is 3. The zero-order valence-corrected chi connectivity index (χ0v) is 20.6. The molecule has 12 heteroatoms. The minimum atomic E-state index is -0.744. The maximum atomic E-state index is 12.1. The number of rotatable bonds is 13. The first-order chi connectivity index (χ1) is 16.8. The van der Waals surface area contributed by atoms with Crippen LogP contribution in [0, 0.1) is 0 Å². The maximum Gasteiger partial charge on any atom is 0.271 e. The SMILES string of the molecule is C.C=CC(/C=C(\N)OCCNC(=O)C(C)NC)=Nc1nc(NC2CCOCC2)c(CC)nc1C(N)=O. The summed E-state index contributed by atoms with van der Waals surface area (Å²) < 4.78 is 10.8. The van der Waals surface area contributed by atoms with Crippen molar-refractivity contribution in [3.8, 4) is 0 Å². The number of nitrogens with one attached hydrogen (secondary N) is 3. The van der Waals surface area contributed by atoms with Crippen LogP contribution in [0.15, 0.2) is 29.6 Å². The van der Waals surface area contributed by atoms with Crippen LogP contribution in [0.25, 0.3) is 0 Å². The molecule has 7 N–H and O–H groups in total. The fraction of sp³-hybridized carbons (Fsp3) is 0.542. The van der Waals surface area contributed by atoms with Crippen molar-refractivity contribution in [2.24, 2.45) is 16.5 Å². The number of primary amides is 1. The molecule has 1 unspecified atom stereocenters. The van der Waals surface area contributed by atoms with Crippen LogP contribution in [0.4, 0.5) is 11.6 Å². The summed E-state index contributed by atoms with van der Waals surface area (Å²) in [7, 11) is 1.70. The number of allylic oxidation sites excluding steroid dienone is 2. The van der Waals surface area contributed by atoms with E-state index in [1.165, 1.54) is 12.2 Å². The van der Waals surface area contributed by atoms with E-state index < -0.39 is 5.91 Å². The smallest absolute Gasteiger partial charge is 0.271 e. The third kappa shape index (κ3) is 9.27. The normalized spacial score (nSPS) is 15.4. The van der Waals surface area contributed by atoms with Gasteiger partial charge in [0.2, 0.25) is 5.91 Å². The fourth-order valence-corrected chi connectivity index (χ4v) is 3.18. The molecular weight excluding hydrogens is 464 g/mol. The Morgan fingerprint density at radius 2 is 2.00 bits per heavy atom. The van der Waals surface area contributed by atoms with Crippen molar-refractivity contribution in [2.45, 2.75) is 52.6 Å². The van der Waals surface area contributed by atoms with Crippen molar-refractivity contribution in [1.82, 2.24) is 20.6 Å². The second-order valence-corrected chi connectivity index (χ2v) is 7.88. The Balaban J connectivity index is 0.00000648. The third-order valence-corrected chi connectivity index (χ3v) is 5.31. The summed E-state index contributed by atoms with van der Waals surface area (Å²) >= 11 is 0. The molecule has 1 saturated heterocycles. The number of anilines is 1. The van der Waals surface area contributed by atoms with Gasteiger partial charge in [-0.2, -0.15) is 0 Å². The molecule has 2 heterocycles. The molecule has 1 aromatic heterocycles. The first-order valence-corrected chi connectivity index (χ1v) is 11.6. The molecule has 12 nitrogen and oxygen atoms in total. The minimum Gasteiger partial charge on any atom is -0.477 e. The van der Waals surface area contributed by atoms with E-state index in [0.717, 1.165) is 12.8 Å². The molecule has 0 aliphatic carbocycles. The van der Waals surface area contributed by atoms with Crippen LogP contribution in [0.5, 0.6) is 0 Å². The van der Waals surface area contributed by atoms with Crippen molar-refractivity contribution in [3.63, 3.8) is 0 Å². The summed E-state index contributed by atoms with van der Waals surface area (Å²) in [5, 5.41) is 8.96. The lowest BCUT2D eigenvalue weighted by molar-refractivity contribution is -0.122. The van der Waals surface area contributed by atoms with E-state index in [0.29, 0.717) is 36.9 Å². The summed E-state index contributed by atoms with van der Waals surface area (Å²) in [5.41, 5.74) is 12.4. The molecule has 2 amide bonds. The molecule has 1 fully saturated rings. The molecule has 1 aliphatic rings. The highest BCUT2D eigenvalue weighted by molar-refractivity contribution is 6.06. The summed E-state index contributed by atoms with van der Waals surface area (Å²) in [6, 6.07) is -0.133. The lowest BCUT2D eigenvalue weighted by Gasteiger charge is -2.24. The fourth-order valence-electron chi connectivity index (χ4n) is 3.18. The number of aryl methyl sites for hydroxylation is 1. The maximum absolute atomic E-state index is 12.1. The first-order valence-electron chi connectivity index (χ1n) is 11.6. The van der Waals surface area contributed by atoms with E-state index in [1.807, 2.05) is 6.92 Å². The zero-order valence-electron chi connectivity index (χ0n) is 20.6. The summed E-state index contributed by atoms with van der Waals surface area (Å²) in [6.07, 6.45) is 5.12. The lowest BCUT2D eigenvalue weighted by atomic mass is 10.1. The molecule has 1 aliphatic heterocycles. The van der Waals surface area contributed by atoms with Crippen LogP contribution in [-0.2, 0) is 20.7 Å². The van der Waals surface area contributed by atoms with E-state index >= 15 is 0 Å². The van der Waals surface area contributed by atoms with Crippen molar-refractivity contribution >= 4 is 29.2 Å². The number of aromatic nitrogens is 2. The molecule has 200 valence electrons. The van der Waals surface area contributed by atoms with Gasteiger partial charge in [0, 0.05) is 25.3 Å². The van der Waals surface area contributed by atoms with Gasteiger partial charge in [0.25, 0.3) is 5.91 Å². The Hall–Kier alpha value is -3.51. The van der Waals surface area contributed by atoms with Gasteiger partial charge in [-0.25, -0.2) is 15.0 Å². The van der Waals surface area contributed by atoms with Crippen LogP contribution in [-0.4, -0.2) is 73.0 Å². The zero-order chi connectivity index (χ0) is 25.8. The van der Waals surface area contributed by atoms with Gasteiger partial charge in [0.1, 0.15) is 6.61 Å². The number of hydrogen-bond acceptors (Lipinski definition) is 10. The number of amides is 2. The molecular formula is C24H40N8O4. The summed E-state index contributed by atoms with van der Waals surface area (Å²) in [5.74, 6) is -0.237. The number of nitrogens with two attached hydrogens (primary N) is 2. The molecule has 1 aromatic rings. The molecule has 0 bridgehead atoms. The molecule has 0 saturated carbocycles. The van der Waals surface area contributed by atoms with Gasteiger partial charge in [0.15, 0.2) is 23.2 Å². The third-order valence-electron chi connectivity index (χ3n) is 5.31. The van der Waals surface area contributed by atoms with Crippen LogP contribution < -0.4 is 27.4 Å². The monoisotopic (exact) mass is 504 g/mol. The molecule has 2 rings (SSSR count). The molecule has 0 aromatic carbocycles. The highest BCUT2D eigenvalue weighted by Crippen LogP contribution is 2.24. The van der Waals surface area contributed by atoms with Crippen LogP contribution >= 0.6 is 0 Å². The van der Waals surface area contributed by atoms with Gasteiger partial charge in [0.05, 0.1) is 24.0 Å². The van der Waals surface area contributed by atoms with Crippen molar-refractivity contribution in [1.29, 1.82) is 0 Å². The standard InChI is InChI=1S/C23H36N8O4.CH4/c1-5-15(13-18(24)35-12-9-27-23(33)14(3)26-4)28-22-19(20(25)32)30-17(6-2)21(31-22)29-16-7-10-34-11-8-16;/h5,13-14,16,26H,1,6-12,24H2,2-4H3,(H2,25,32)(H,27,33)(H,29,31);1H4/b18-13+,28-15?;. The van der Waals surface area contributed by atoms with Gasteiger partial charge in [-0.15, -0.1) is 0 Å². The molecule has 36 heavy (non-hydrogen) atoms. The Labute approximate surface area is 213 Å². The largest absolute Gasteiger partial charge is 0.477 e. The average Bonchev–Trinajstić information content (AvgIpc) is 2.86. The number of ether oxygens (including phenoxy) is 2. The summed E-state index contributed by atoms with van der Waals surface area (Å²) in [4.78, 5) is 37.2. The highest BCUT2D eigenvalue weighted by atomic mass is 16.5. The quantitative estimate of drug-likeness (QED) is 0.150. The Kier molecular flexibility index (Phi) is 13.1. The Morgan fingerprint density at radius 3 is 2.58 bits per heavy atom. The van der Waals surface area contributed by atoms with Crippen molar-refractivity contribution in [3.05, 3.63) is 36.0 Å². The number of hydrogen-bond donors (Lipinski definition) is 5. The first kappa shape index (κ1) is 30.5. The van der Waals surface area contributed by atoms with Crippen LogP contribution in [0.3, 0.4) is 0 Å². The number of carbonyl (C=O) groups is 2. The van der Waals surface area contributed by atoms with Crippen molar-refractivity contribution < 1.29 is 19.1 Å². The van der Waals surface area contributed by atoms with Crippen molar-refractivity contribution in [2.75, 3.05) is 38.7 Å². The van der Waals surface area contributed by atoms with Gasteiger partial charge in [-0.3, -0.25) is 9.59 Å². The van der Waals surface area contributed by atoms with Crippen LogP contribution in [0.1, 0.15) is 50.3 Å². The topological polar surface area (TPSA) is 179 Å². The lowest BCUT2D eigenvalue weighted by Crippen LogP contribution is -2.41. The second-order valence-electron chi connectivity index (χ2n) is 7.88. The average molecular weight is 505 g/mol. The Morgan fingerprint density at radius 1 is 1.31 bits per heavy atom. The highest BCUT2D eigenvalue weighted by Gasteiger charge is 2.20. The Bertz CT molecular complexity index is 958. The van der Waals surface area contributed by atoms with E-state index in [4.69, 9.17) is 20.9 Å². The van der Waals surface area contributed by atoms with E-state index in [2.05, 4.69) is 37.5 Å². The minimum absolute atomic E-state index is 0. The number of aliphatic imine (C=N–C) groups is 1. The van der Waals surface area contributed by atoms with Gasteiger partial charge in [-0.05, 0) is 39.3 Å². The predicted octanol–water partition coefficient (Wildman–Crippen LogP) is 1.16. The number of likely N-dealkylation sites (N-methyl/N-ethyl adjacent to an activating group) is 1. The van der Waals surface area contributed by atoms with E-state index in [9.17, 15) is 9.59 Å². The van der Waals surface area contributed by atoms with Gasteiger partial charge in [-0.1, -0.05) is 20.9 Å². The predicted molar refractivity (Wildman–Crippen MR) is 141 cm³/mol. The van der Waals surface area contributed by atoms with E-state index in [1.54, 1.807) is 14.0 Å². The molecule has 1 atom stereocenters. The number of carbonyl (C=O) groups excluding carboxylic acids is 2. The molecule has 0 spiro atoms. The van der Waals surface area contributed by atoms with Crippen LogP contribution in [0.2, 0.25) is 0 Å². The summed E-state index contributed by atoms with van der Waals surface area (Å²) in [6.45, 7) is 9.17. The second kappa shape index (κ2) is 15.5. The van der Waals surface area contributed by atoms with Gasteiger partial charge >= 0.3 is 0 Å². The molecule has 0 radical (unpaired) electrons. The van der Waals surface area contributed by atoms with Gasteiger partial charge < -0.3 is 36.9 Å².